The minimum Gasteiger partial charge on any atom is -0.480 e. The number of benzene rings is 1. The van der Waals surface area contributed by atoms with E-state index in [1.54, 1.807) is 0 Å². The molecule has 112 valence electrons. The number of aromatic amines is 2. The van der Waals surface area contributed by atoms with Gasteiger partial charge in [0.15, 0.2) is 6.04 Å². The van der Waals surface area contributed by atoms with Crippen molar-refractivity contribution in [2.45, 2.75) is 19.4 Å². The van der Waals surface area contributed by atoms with Crippen LogP contribution in [0, 0.1) is 6.92 Å². The fourth-order valence-corrected chi connectivity index (χ4v) is 3.05. The van der Waals surface area contributed by atoms with E-state index in [2.05, 4.69) is 32.4 Å². The maximum atomic E-state index is 11.3. The summed E-state index contributed by atoms with van der Waals surface area (Å²) >= 11 is 0. The summed E-state index contributed by atoms with van der Waals surface area (Å²) in [5, 5.41) is 13.4. The van der Waals surface area contributed by atoms with Crippen molar-refractivity contribution >= 4 is 16.9 Å². The molecule has 1 unspecified atom stereocenters. The molecule has 1 aliphatic heterocycles. The third-order valence-electron chi connectivity index (χ3n) is 4.15. The standard InChI is InChI=1S/C16H16N4O2/c1-8-2-3-11-9(6-8)10(7-18-11)15-19-12-4-5-17-14(16(21)22)13(12)20-15/h2-3,6-7,14,17-18H,4-5H2,1H3,(H,19,20)(H,21,22). The zero-order chi connectivity index (χ0) is 15.3. The Morgan fingerprint density at radius 3 is 3.09 bits per heavy atom. The zero-order valence-corrected chi connectivity index (χ0v) is 12.1. The van der Waals surface area contributed by atoms with Gasteiger partial charge in [0.25, 0.3) is 0 Å². The van der Waals surface area contributed by atoms with E-state index in [0.717, 1.165) is 34.4 Å². The highest BCUT2D eigenvalue weighted by molar-refractivity contribution is 5.94. The van der Waals surface area contributed by atoms with E-state index < -0.39 is 12.0 Å². The topological polar surface area (TPSA) is 93.8 Å². The number of imidazole rings is 1. The van der Waals surface area contributed by atoms with E-state index in [1.165, 1.54) is 5.56 Å². The maximum absolute atomic E-state index is 11.3. The number of carboxylic acid groups (broad SMARTS) is 1. The number of aliphatic carboxylic acids is 1. The van der Waals surface area contributed by atoms with Gasteiger partial charge in [-0.3, -0.25) is 10.1 Å². The molecule has 0 radical (unpaired) electrons. The van der Waals surface area contributed by atoms with Crippen molar-refractivity contribution in [2.24, 2.45) is 0 Å². The average Bonchev–Trinajstić information content (AvgIpc) is 3.08. The minimum absolute atomic E-state index is 0.593. The molecular formula is C16H16N4O2. The van der Waals surface area contributed by atoms with E-state index in [-0.39, 0.29) is 0 Å². The molecule has 0 bridgehead atoms. The van der Waals surface area contributed by atoms with Crippen LogP contribution in [0.1, 0.15) is 23.0 Å². The average molecular weight is 296 g/mol. The molecule has 3 aromatic rings. The maximum Gasteiger partial charge on any atom is 0.327 e. The van der Waals surface area contributed by atoms with Crippen LogP contribution in [-0.4, -0.2) is 32.6 Å². The SMILES string of the molecule is Cc1ccc2[nH]cc(-c3nc4c([nH]3)CCNC4C(=O)O)c2c1. The first-order valence-corrected chi connectivity index (χ1v) is 7.26. The first-order valence-electron chi connectivity index (χ1n) is 7.26. The second-order valence-electron chi connectivity index (χ2n) is 5.68. The van der Waals surface area contributed by atoms with Crippen LogP contribution in [-0.2, 0) is 11.2 Å². The van der Waals surface area contributed by atoms with E-state index in [4.69, 9.17) is 0 Å². The highest BCUT2D eigenvalue weighted by Gasteiger charge is 2.29. The van der Waals surface area contributed by atoms with Gasteiger partial charge in [-0.25, -0.2) is 4.98 Å². The number of nitrogens with zero attached hydrogens (tertiary/aromatic N) is 1. The van der Waals surface area contributed by atoms with Crippen LogP contribution in [0.15, 0.2) is 24.4 Å². The van der Waals surface area contributed by atoms with Gasteiger partial charge in [-0.15, -0.1) is 0 Å². The van der Waals surface area contributed by atoms with E-state index in [0.29, 0.717) is 12.2 Å². The highest BCUT2D eigenvalue weighted by atomic mass is 16.4. The van der Waals surface area contributed by atoms with Gasteiger partial charge in [0.1, 0.15) is 5.82 Å². The Kier molecular flexibility index (Phi) is 2.80. The van der Waals surface area contributed by atoms with Crippen molar-refractivity contribution in [3.63, 3.8) is 0 Å². The van der Waals surface area contributed by atoms with Crippen LogP contribution in [0.25, 0.3) is 22.3 Å². The van der Waals surface area contributed by atoms with Gasteiger partial charge in [-0.05, 0) is 19.1 Å². The number of hydrogen-bond acceptors (Lipinski definition) is 3. The summed E-state index contributed by atoms with van der Waals surface area (Å²) in [4.78, 5) is 22.4. The quantitative estimate of drug-likeness (QED) is 0.583. The van der Waals surface area contributed by atoms with E-state index in [1.807, 2.05) is 19.2 Å². The number of aryl methyl sites for hydroxylation is 1. The van der Waals surface area contributed by atoms with Gasteiger partial charge in [-0.1, -0.05) is 11.6 Å². The van der Waals surface area contributed by atoms with Crippen molar-refractivity contribution in [2.75, 3.05) is 6.54 Å². The summed E-state index contributed by atoms with van der Waals surface area (Å²) in [6.07, 6.45) is 2.67. The lowest BCUT2D eigenvalue weighted by atomic mass is 10.1. The fourth-order valence-electron chi connectivity index (χ4n) is 3.05. The number of fused-ring (bicyclic) bond motifs is 2. The van der Waals surface area contributed by atoms with Crippen LogP contribution in [0.5, 0.6) is 0 Å². The summed E-state index contributed by atoms with van der Waals surface area (Å²) in [6, 6.07) is 5.47. The van der Waals surface area contributed by atoms with Gasteiger partial charge in [0, 0.05) is 41.3 Å². The molecule has 1 atom stereocenters. The van der Waals surface area contributed by atoms with Crippen LogP contribution in [0.4, 0.5) is 0 Å². The van der Waals surface area contributed by atoms with Gasteiger partial charge in [0.05, 0.1) is 5.69 Å². The summed E-state index contributed by atoms with van der Waals surface area (Å²) in [5.41, 5.74) is 4.69. The van der Waals surface area contributed by atoms with Crippen LogP contribution < -0.4 is 5.32 Å². The second-order valence-corrected chi connectivity index (χ2v) is 5.68. The lowest BCUT2D eigenvalue weighted by Crippen LogP contribution is -2.35. The molecular weight excluding hydrogens is 280 g/mol. The summed E-state index contributed by atoms with van der Waals surface area (Å²) in [5.74, 6) is -0.175. The van der Waals surface area contributed by atoms with Gasteiger partial charge >= 0.3 is 5.97 Å². The number of carbonyl (C=O) groups is 1. The lowest BCUT2D eigenvalue weighted by molar-refractivity contribution is -0.139. The number of carboxylic acids is 1. The normalized spacial score (nSPS) is 17.6. The Labute approximate surface area is 126 Å². The predicted octanol–water partition coefficient (Wildman–Crippen LogP) is 2.14. The third-order valence-corrected chi connectivity index (χ3v) is 4.15. The van der Waals surface area contributed by atoms with Gasteiger partial charge in [-0.2, -0.15) is 0 Å². The Bertz CT molecular complexity index is 878. The molecule has 22 heavy (non-hydrogen) atoms. The van der Waals surface area contributed by atoms with Crippen LogP contribution in [0.3, 0.4) is 0 Å². The molecule has 1 aliphatic rings. The van der Waals surface area contributed by atoms with Crippen molar-refractivity contribution in [1.82, 2.24) is 20.3 Å². The third kappa shape index (κ3) is 1.92. The van der Waals surface area contributed by atoms with E-state index >= 15 is 0 Å². The number of nitrogens with one attached hydrogen (secondary N) is 3. The molecule has 0 amide bonds. The largest absolute Gasteiger partial charge is 0.480 e. The summed E-state index contributed by atoms with van der Waals surface area (Å²) in [7, 11) is 0. The predicted molar refractivity (Wildman–Crippen MR) is 82.7 cm³/mol. The molecule has 0 fully saturated rings. The fraction of sp³-hybridized carbons (Fsp3) is 0.250. The Balaban J connectivity index is 1.86. The molecule has 4 N–H and O–H groups in total. The molecule has 0 aliphatic carbocycles. The molecule has 3 heterocycles. The smallest absolute Gasteiger partial charge is 0.327 e. The molecule has 2 aromatic heterocycles. The van der Waals surface area contributed by atoms with Gasteiger partial charge < -0.3 is 15.1 Å². The number of H-pyrrole nitrogens is 2. The highest BCUT2D eigenvalue weighted by Crippen LogP contribution is 2.30. The molecule has 0 saturated carbocycles. The van der Waals surface area contributed by atoms with Gasteiger partial charge in [0.2, 0.25) is 0 Å². The van der Waals surface area contributed by atoms with Crippen LogP contribution >= 0.6 is 0 Å². The summed E-state index contributed by atoms with van der Waals surface area (Å²) in [6.45, 7) is 2.69. The van der Waals surface area contributed by atoms with Crippen molar-refractivity contribution < 1.29 is 9.90 Å². The number of hydrogen-bond donors (Lipinski definition) is 4. The lowest BCUT2D eigenvalue weighted by Gasteiger charge is -2.18. The molecule has 4 rings (SSSR count). The minimum atomic E-state index is -0.895. The Morgan fingerprint density at radius 2 is 2.27 bits per heavy atom. The van der Waals surface area contributed by atoms with Crippen molar-refractivity contribution in [1.29, 1.82) is 0 Å². The molecule has 0 spiro atoms. The molecule has 1 aromatic carbocycles. The van der Waals surface area contributed by atoms with Crippen molar-refractivity contribution in [3.05, 3.63) is 41.3 Å². The van der Waals surface area contributed by atoms with Crippen molar-refractivity contribution in [3.8, 4) is 11.4 Å². The van der Waals surface area contributed by atoms with E-state index in [9.17, 15) is 9.90 Å². The first kappa shape index (κ1) is 13.1. The number of aromatic nitrogens is 3. The molecule has 6 heteroatoms. The first-order chi connectivity index (χ1) is 10.6. The van der Waals surface area contributed by atoms with Crippen LogP contribution in [0.2, 0.25) is 0 Å². The Hall–Kier alpha value is -2.60. The molecule has 6 nitrogen and oxygen atoms in total. The summed E-state index contributed by atoms with van der Waals surface area (Å²) < 4.78 is 0. The Morgan fingerprint density at radius 1 is 1.41 bits per heavy atom. The number of rotatable bonds is 2. The monoisotopic (exact) mass is 296 g/mol. The zero-order valence-electron chi connectivity index (χ0n) is 12.1. The molecule has 0 saturated heterocycles. The second kappa shape index (κ2) is 4.71.